The number of ether oxygens (including phenoxy) is 1. The maximum Gasteiger partial charge on any atom is 0.200 e. The van der Waals surface area contributed by atoms with E-state index >= 15 is 0 Å². The fraction of sp³-hybridized carbons (Fsp3) is 1.00. The second-order valence-electron chi connectivity index (χ2n) is 7.35. The van der Waals surface area contributed by atoms with E-state index in [1.165, 1.54) is 0 Å². The lowest BCUT2D eigenvalue weighted by molar-refractivity contribution is 0.0134. The first kappa shape index (κ1) is 19.1. The van der Waals surface area contributed by atoms with Crippen LogP contribution in [0.2, 0.25) is 16.6 Å². The summed E-state index contributed by atoms with van der Waals surface area (Å²) >= 11 is 0. The highest BCUT2D eigenvalue weighted by Gasteiger charge is 2.48. The normalized spacial score (nSPS) is 25.7. The van der Waals surface area contributed by atoms with Gasteiger partial charge in [0.05, 0.1) is 31.5 Å². The summed E-state index contributed by atoms with van der Waals surface area (Å²) < 4.78 is 11.8. The predicted octanol–water partition coefficient (Wildman–Crippen LogP) is 2.94. The SMILES string of the molecule is CC(C)[Si](OC[C@H](O)[C@@H](CO)[C@@H]1O[C@H]1C)(C(C)C)C(C)C. The van der Waals surface area contributed by atoms with Crippen LogP contribution in [0.3, 0.4) is 0 Å². The Morgan fingerprint density at radius 1 is 1.05 bits per heavy atom. The first-order valence-corrected chi connectivity index (χ1v) is 10.4. The molecule has 1 fully saturated rings. The van der Waals surface area contributed by atoms with Crippen molar-refractivity contribution in [1.82, 2.24) is 0 Å². The highest BCUT2D eigenvalue weighted by atomic mass is 28.4. The van der Waals surface area contributed by atoms with Gasteiger partial charge in [0.25, 0.3) is 0 Å². The molecule has 1 heterocycles. The van der Waals surface area contributed by atoms with Gasteiger partial charge in [0, 0.05) is 5.92 Å². The van der Waals surface area contributed by atoms with Crippen molar-refractivity contribution in [2.45, 2.75) is 83.4 Å². The number of hydrogen-bond acceptors (Lipinski definition) is 4. The maximum absolute atomic E-state index is 10.4. The minimum absolute atomic E-state index is 0.0261. The summed E-state index contributed by atoms with van der Waals surface area (Å²) in [6.45, 7) is 15.6. The highest BCUT2D eigenvalue weighted by molar-refractivity contribution is 6.77. The number of epoxide rings is 1. The van der Waals surface area contributed by atoms with Crippen molar-refractivity contribution in [3.05, 3.63) is 0 Å². The van der Waals surface area contributed by atoms with E-state index in [9.17, 15) is 10.2 Å². The van der Waals surface area contributed by atoms with E-state index < -0.39 is 14.4 Å². The zero-order valence-corrected chi connectivity index (χ0v) is 15.7. The summed E-state index contributed by atoms with van der Waals surface area (Å²) in [5.41, 5.74) is 1.48. The van der Waals surface area contributed by atoms with Crippen molar-refractivity contribution in [2.75, 3.05) is 13.2 Å². The molecule has 21 heavy (non-hydrogen) atoms. The molecule has 1 saturated heterocycles. The number of hydrogen-bond donors (Lipinski definition) is 2. The summed E-state index contributed by atoms with van der Waals surface area (Å²) in [5.74, 6) is -0.238. The van der Waals surface area contributed by atoms with Crippen molar-refractivity contribution in [3.63, 3.8) is 0 Å². The lowest BCUT2D eigenvalue weighted by Crippen LogP contribution is -2.50. The van der Waals surface area contributed by atoms with Crippen LogP contribution in [0, 0.1) is 5.92 Å². The third-order valence-electron chi connectivity index (χ3n) is 5.10. The van der Waals surface area contributed by atoms with E-state index in [1.807, 2.05) is 6.92 Å². The molecule has 126 valence electrons. The number of aliphatic hydroxyl groups is 2. The van der Waals surface area contributed by atoms with Gasteiger partial charge in [-0.25, -0.2) is 0 Å². The monoisotopic (exact) mass is 318 g/mol. The molecule has 1 aliphatic rings. The van der Waals surface area contributed by atoms with Crippen molar-refractivity contribution >= 4 is 8.32 Å². The molecule has 1 rings (SSSR count). The molecule has 0 aromatic heterocycles. The molecule has 0 radical (unpaired) electrons. The van der Waals surface area contributed by atoms with E-state index in [2.05, 4.69) is 41.5 Å². The molecule has 0 saturated carbocycles. The van der Waals surface area contributed by atoms with Gasteiger partial charge in [0.15, 0.2) is 8.32 Å². The van der Waals surface area contributed by atoms with Crippen molar-refractivity contribution < 1.29 is 19.4 Å². The van der Waals surface area contributed by atoms with Crippen LogP contribution in [0.4, 0.5) is 0 Å². The summed E-state index contributed by atoms with van der Waals surface area (Å²) in [5, 5.41) is 19.9. The zero-order chi connectivity index (χ0) is 16.4. The fourth-order valence-electron chi connectivity index (χ4n) is 3.95. The molecule has 0 aromatic rings. The summed E-state index contributed by atoms with van der Waals surface area (Å²) in [6, 6.07) is 0. The molecule has 4 atom stereocenters. The smallest absolute Gasteiger partial charge is 0.200 e. The maximum atomic E-state index is 10.4. The first-order chi connectivity index (χ1) is 9.68. The Balaban J connectivity index is 2.72. The molecule has 2 N–H and O–H groups in total. The molecular formula is C16H34O4Si. The van der Waals surface area contributed by atoms with Crippen molar-refractivity contribution in [1.29, 1.82) is 0 Å². The van der Waals surface area contributed by atoms with Crippen LogP contribution in [-0.2, 0) is 9.16 Å². The third-order valence-corrected chi connectivity index (χ3v) is 11.2. The number of aliphatic hydroxyl groups excluding tert-OH is 2. The van der Waals surface area contributed by atoms with E-state index in [0.29, 0.717) is 23.2 Å². The standard InChI is InChI=1S/C16H34O4Si/c1-10(2)21(11(3)4,12(5)6)19-9-15(18)14(8-17)16-13(7)20-16/h10-18H,8-9H2,1-7H3/t13-,14+,15-,16+/m0/s1. The van der Waals surface area contributed by atoms with Crippen LogP contribution in [0.15, 0.2) is 0 Å². The first-order valence-electron chi connectivity index (χ1n) is 8.26. The Morgan fingerprint density at radius 3 is 1.76 bits per heavy atom. The summed E-state index contributed by atoms with van der Waals surface area (Å²) in [7, 11) is -1.96. The van der Waals surface area contributed by atoms with Crippen LogP contribution >= 0.6 is 0 Å². The molecule has 0 unspecified atom stereocenters. The van der Waals surface area contributed by atoms with Gasteiger partial charge in [-0.3, -0.25) is 0 Å². The Hall–Kier alpha value is 0.0569. The lowest BCUT2D eigenvalue weighted by atomic mass is 9.98. The van der Waals surface area contributed by atoms with E-state index in [1.54, 1.807) is 0 Å². The van der Waals surface area contributed by atoms with Gasteiger partial charge in [0.2, 0.25) is 0 Å². The van der Waals surface area contributed by atoms with Crippen LogP contribution < -0.4 is 0 Å². The fourth-order valence-corrected chi connectivity index (χ4v) is 9.41. The van der Waals surface area contributed by atoms with Crippen LogP contribution in [0.5, 0.6) is 0 Å². The Bertz CT molecular complexity index is 298. The quantitative estimate of drug-likeness (QED) is 0.507. The zero-order valence-electron chi connectivity index (χ0n) is 14.7. The van der Waals surface area contributed by atoms with Gasteiger partial charge in [-0.05, 0) is 23.5 Å². The van der Waals surface area contributed by atoms with Crippen LogP contribution in [0.1, 0.15) is 48.5 Å². The average Bonchev–Trinajstić information content (AvgIpc) is 3.06. The molecule has 4 nitrogen and oxygen atoms in total. The minimum atomic E-state index is -1.96. The van der Waals surface area contributed by atoms with Gasteiger partial charge in [-0.1, -0.05) is 41.5 Å². The Morgan fingerprint density at radius 2 is 1.48 bits per heavy atom. The highest BCUT2D eigenvalue weighted by Crippen LogP contribution is 2.42. The van der Waals surface area contributed by atoms with E-state index in [0.717, 1.165) is 0 Å². The van der Waals surface area contributed by atoms with Crippen molar-refractivity contribution in [2.24, 2.45) is 5.92 Å². The second kappa shape index (κ2) is 7.55. The van der Waals surface area contributed by atoms with Gasteiger partial charge in [-0.2, -0.15) is 0 Å². The van der Waals surface area contributed by atoms with Gasteiger partial charge in [0.1, 0.15) is 0 Å². The largest absolute Gasteiger partial charge is 0.413 e. The Kier molecular flexibility index (Phi) is 6.87. The molecule has 1 aliphatic heterocycles. The molecular weight excluding hydrogens is 284 g/mol. The van der Waals surface area contributed by atoms with Crippen LogP contribution in [0.25, 0.3) is 0 Å². The average molecular weight is 319 g/mol. The minimum Gasteiger partial charge on any atom is -0.413 e. The van der Waals surface area contributed by atoms with Gasteiger partial charge in [-0.15, -0.1) is 0 Å². The lowest BCUT2D eigenvalue weighted by Gasteiger charge is -2.43. The van der Waals surface area contributed by atoms with Gasteiger partial charge < -0.3 is 19.4 Å². The predicted molar refractivity (Wildman–Crippen MR) is 87.9 cm³/mol. The van der Waals surface area contributed by atoms with Gasteiger partial charge >= 0.3 is 0 Å². The topological polar surface area (TPSA) is 62.2 Å². The third kappa shape index (κ3) is 4.08. The molecule has 0 spiro atoms. The van der Waals surface area contributed by atoms with Crippen molar-refractivity contribution in [3.8, 4) is 0 Å². The summed E-state index contributed by atoms with van der Waals surface area (Å²) in [4.78, 5) is 0. The second-order valence-corrected chi connectivity index (χ2v) is 12.8. The molecule has 5 heteroatoms. The summed E-state index contributed by atoms with van der Waals surface area (Å²) in [6.07, 6.45) is -0.547. The van der Waals surface area contributed by atoms with Crippen LogP contribution in [-0.4, -0.2) is 50.1 Å². The molecule has 0 aromatic carbocycles. The molecule has 0 amide bonds. The van der Waals surface area contributed by atoms with E-state index in [4.69, 9.17) is 9.16 Å². The molecule has 0 aliphatic carbocycles. The number of rotatable bonds is 9. The molecule has 0 bridgehead atoms. The Labute approximate surface area is 131 Å². The van der Waals surface area contributed by atoms with E-state index in [-0.39, 0.29) is 24.7 Å².